The molecule has 0 saturated heterocycles. The van der Waals surface area contributed by atoms with Gasteiger partial charge in [0.15, 0.2) is 5.96 Å². The van der Waals surface area contributed by atoms with Gasteiger partial charge >= 0.3 is 0 Å². The topological polar surface area (TPSA) is 80.9 Å². The molecule has 2 aromatic rings. The Morgan fingerprint density at radius 2 is 1.90 bits per heavy atom. The van der Waals surface area contributed by atoms with Crippen molar-refractivity contribution in [1.29, 1.82) is 0 Å². The van der Waals surface area contributed by atoms with Gasteiger partial charge in [-0.05, 0) is 43.5 Å². The Bertz CT molecular complexity index is 756. The summed E-state index contributed by atoms with van der Waals surface area (Å²) in [6.45, 7) is 8.26. The van der Waals surface area contributed by atoms with Gasteiger partial charge in [-0.25, -0.2) is 4.99 Å². The third-order valence-corrected chi connectivity index (χ3v) is 4.52. The van der Waals surface area contributed by atoms with Crippen molar-refractivity contribution in [3.63, 3.8) is 0 Å². The van der Waals surface area contributed by atoms with Crippen LogP contribution in [0.4, 0.5) is 0 Å². The van der Waals surface area contributed by atoms with Crippen LogP contribution in [0, 0.1) is 0 Å². The maximum atomic E-state index is 5.45. The van der Waals surface area contributed by atoms with Gasteiger partial charge in [0.2, 0.25) is 0 Å². The van der Waals surface area contributed by atoms with E-state index in [-0.39, 0.29) is 24.0 Å². The average molecular weight is 516 g/mol. The van der Waals surface area contributed by atoms with Gasteiger partial charge in [0.25, 0.3) is 0 Å². The highest BCUT2D eigenvalue weighted by Gasteiger charge is 2.13. The molecule has 162 valence electrons. The van der Waals surface area contributed by atoms with Crippen molar-refractivity contribution in [2.24, 2.45) is 4.99 Å². The number of aryl methyl sites for hydroxylation is 2. The van der Waals surface area contributed by atoms with E-state index < -0.39 is 0 Å². The summed E-state index contributed by atoms with van der Waals surface area (Å²) >= 11 is 0. The molecule has 0 saturated carbocycles. The van der Waals surface area contributed by atoms with Crippen LogP contribution in [0.1, 0.15) is 43.4 Å². The number of nitrogens with one attached hydrogen (secondary N) is 2. The first-order valence-electron chi connectivity index (χ1n) is 9.86. The van der Waals surface area contributed by atoms with Gasteiger partial charge in [0.05, 0.1) is 26.5 Å². The van der Waals surface area contributed by atoms with Gasteiger partial charge in [-0.1, -0.05) is 19.0 Å². The summed E-state index contributed by atoms with van der Waals surface area (Å²) in [6, 6.07) is 5.83. The first-order chi connectivity index (χ1) is 13.7. The number of hydrogen-bond donors (Lipinski definition) is 2. The summed E-state index contributed by atoms with van der Waals surface area (Å²) in [6.07, 6.45) is 2.45. The predicted molar refractivity (Wildman–Crippen MR) is 127 cm³/mol. The lowest BCUT2D eigenvalue weighted by molar-refractivity contribution is 0.380. The zero-order chi connectivity index (χ0) is 20.4. The fourth-order valence-electron chi connectivity index (χ4n) is 3.01. The largest absolute Gasteiger partial charge is 0.497 e. The van der Waals surface area contributed by atoms with Crippen molar-refractivity contribution in [2.45, 2.75) is 46.6 Å². The molecule has 1 aromatic heterocycles. The minimum atomic E-state index is 0. The molecule has 2 rings (SSSR count). The third-order valence-electron chi connectivity index (χ3n) is 4.52. The second-order valence-corrected chi connectivity index (χ2v) is 6.29. The standard InChI is InChI=1S/C21H32N4O3.HI/c1-6-18-17(19(7-2)28-25-18)14-24-21(22-8-3)23-12-11-15-13-16(26-4)9-10-20(15)27-5;/h9-10,13H,6-8,11-12,14H2,1-5H3,(H2,22,23,24);1H. The van der Waals surface area contributed by atoms with E-state index in [4.69, 9.17) is 19.0 Å². The third kappa shape index (κ3) is 7.09. The number of nitrogens with zero attached hydrogens (tertiary/aromatic N) is 2. The lowest BCUT2D eigenvalue weighted by atomic mass is 10.1. The van der Waals surface area contributed by atoms with Gasteiger partial charge in [-0.3, -0.25) is 0 Å². The lowest BCUT2D eigenvalue weighted by Crippen LogP contribution is -2.38. The van der Waals surface area contributed by atoms with E-state index in [9.17, 15) is 0 Å². The summed E-state index contributed by atoms with van der Waals surface area (Å²) in [5, 5.41) is 10.8. The van der Waals surface area contributed by atoms with Crippen LogP contribution in [0.25, 0.3) is 0 Å². The van der Waals surface area contributed by atoms with Crippen LogP contribution in [0.15, 0.2) is 27.7 Å². The SMILES string of the molecule is CCNC(=NCc1c(CC)noc1CC)NCCc1cc(OC)ccc1OC.I. The predicted octanol–water partition coefficient (Wildman–Crippen LogP) is 3.73. The van der Waals surface area contributed by atoms with Crippen molar-refractivity contribution in [2.75, 3.05) is 27.3 Å². The highest BCUT2D eigenvalue weighted by atomic mass is 127. The number of rotatable bonds is 10. The second-order valence-electron chi connectivity index (χ2n) is 6.29. The number of halogens is 1. The fraction of sp³-hybridized carbons (Fsp3) is 0.524. The van der Waals surface area contributed by atoms with Crippen molar-refractivity contribution < 1.29 is 14.0 Å². The second kappa shape index (κ2) is 13.3. The van der Waals surface area contributed by atoms with Gasteiger partial charge in [-0.15, -0.1) is 24.0 Å². The molecule has 2 N–H and O–H groups in total. The molecule has 8 heteroatoms. The zero-order valence-electron chi connectivity index (χ0n) is 18.0. The van der Waals surface area contributed by atoms with Crippen LogP contribution in [0.5, 0.6) is 11.5 Å². The number of guanidine groups is 1. The van der Waals surface area contributed by atoms with Crippen molar-refractivity contribution >= 4 is 29.9 Å². The van der Waals surface area contributed by atoms with E-state index in [0.717, 1.165) is 72.4 Å². The molecule has 7 nitrogen and oxygen atoms in total. The first kappa shape index (κ1) is 25.1. The van der Waals surface area contributed by atoms with Gasteiger partial charge in [-0.2, -0.15) is 0 Å². The molecule has 0 aliphatic rings. The lowest BCUT2D eigenvalue weighted by Gasteiger charge is -2.13. The summed E-state index contributed by atoms with van der Waals surface area (Å²) in [5.74, 6) is 3.37. The summed E-state index contributed by atoms with van der Waals surface area (Å²) in [4.78, 5) is 4.72. The maximum absolute atomic E-state index is 5.45. The zero-order valence-corrected chi connectivity index (χ0v) is 20.3. The van der Waals surface area contributed by atoms with E-state index in [1.807, 2.05) is 18.2 Å². The molecular weight excluding hydrogens is 483 g/mol. The van der Waals surface area contributed by atoms with Crippen LogP contribution in [0.3, 0.4) is 0 Å². The Labute approximate surface area is 190 Å². The van der Waals surface area contributed by atoms with Gasteiger partial charge in [0.1, 0.15) is 17.3 Å². The fourth-order valence-corrected chi connectivity index (χ4v) is 3.01. The number of methoxy groups -OCH3 is 2. The van der Waals surface area contributed by atoms with Crippen LogP contribution >= 0.6 is 24.0 Å². The molecule has 0 unspecified atom stereocenters. The Morgan fingerprint density at radius 1 is 1.10 bits per heavy atom. The molecule has 0 fully saturated rings. The van der Waals surface area contributed by atoms with Crippen molar-refractivity contribution in [3.8, 4) is 11.5 Å². The minimum absolute atomic E-state index is 0. The smallest absolute Gasteiger partial charge is 0.191 e. The molecule has 1 heterocycles. The highest BCUT2D eigenvalue weighted by molar-refractivity contribution is 14.0. The number of aromatic nitrogens is 1. The van der Waals surface area contributed by atoms with Gasteiger partial charge in [0, 0.05) is 25.1 Å². The normalized spacial score (nSPS) is 11.0. The Kier molecular flexibility index (Phi) is 11.5. The number of ether oxygens (including phenoxy) is 2. The molecule has 0 radical (unpaired) electrons. The first-order valence-corrected chi connectivity index (χ1v) is 9.86. The van der Waals surface area contributed by atoms with E-state index in [2.05, 4.69) is 36.6 Å². The van der Waals surface area contributed by atoms with E-state index in [1.165, 1.54) is 0 Å². The Balaban J connectivity index is 0.00000420. The Hall–Kier alpha value is -1.97. The molecule has 0 aliphatic carbocycles. The van der Waals surface area contributed by atoms with Crippen LogP contribution < -0.4 is 20.1 Å². The van der Waals surface area contributed by atoms with Gasteiger partial charge < -0.3 is 24.6 Å². The number of benzene rings is 1. The molecule has 0 bridgehead atoms. The molecule has 29 heavy (non-hydrogen) atoms. The van der Waals surface area contributed by atoms with Crippen molar-refractivity contribution in [3.05, 3.63) is 40.8 Å². The average Bonchev–Trinajstić information content (AvgIpc) is 3.13. The highest BCUT2D eigenvalue weighted by Crippen LogP contribution is 2.24. The number of hydrogen-bond acceptors (Lipinski definition) is 5. The van der Waals surface area contributed by atoms with E-state index in [0.29, 0.717) is 6.54 Å². The van der Waals surface area contributed by atoms with E-state index >= 15 is 0 Å². The number of aliphatic imine (C=N–C) groups is 1. The monoisotopic (exact) mass is 516 g/mol. The molecule has 1 aromatic carbocycles. The van der Waals surface area contributed by atoms with Crippen LogP contribution in [0.2, 0.25) is 0 Å². The molecular formula is C21H33IN4O3. The molecule has 0 spiro atoms. The Morgan fingerprint density at radius 3 is 2.52 bits per heavy atom. The van der Waals surface area contributed by atoms with Crippen LogP contribution in [-0.2, 0) is 25.8 Å². The molecule has 0 amide bonds. The summed E-state index contributed by atoms with van der Waals surface area (Å²) in [7, 11) is 3.35. The van der Waals surface area contributed by atoms with Crippen LogP contribution in [-0.4, -0.2) is 38.4 Å². The maximum Gasteiger partial charge on any atom is 0.191 e. The summed E-state index contributed by atoms with van der Waals surface area (Å²) in [5.41, 5.74) is 3.17. The van der Waals surface area contributed by atoms with Crippen molar-refractivity contribution in [1.82, 2.24) is 15.8 Å². The molecule has 0 aliphatic heterocycles. The minimum Gasteiger partial charge on any atom is -0.497 e. The van der Waals surface area contributed by atoms with E-state index in [1.54, 1.807) is 14.2 Å². The summed E-state index contributed by atoms with van der Waals surface area (Å²) < 4.78 is 16.2. The quantitative estimate of drug-likeness (QED) is 0.285. The molecule has 0 atom stereocenters.